The second-order valence-corrected chi connectivity index (χ2v) is 6.84. The third-order valence-corrected chi connectivity index (χ3v) is 4.10. The van der Waals surface area contributed by atoms with E-state index in [0.717, 1.165) is 37.7 Å². The number of benzene rings is 1. The molecule has 0 bridgehead atoms. The van der Waals surface area contributed by atoms with E-state index in [4.69, 9.17) is 10.5 Å². The van der Waals surface area contributed by atoms with Crippen LogP contribution in [0.5, 0.6) is 5.75 Å². The van der Waals surface area contributed by atoms with Gasteiger partial charge in [-0.15, -0.1) is 0 Å². The summed E-state index contributed by atoms with van der Waals surface area (Å²) < 4.78 is 81.9. The van der Waals surface area contributed by atoms with Crippen LogP contribution in [0.4, 0.5) is 26.3 Å². The average Bonchev–Trinajstić information content (AvgIpc) is 2.61. The molecule has 0 unspecified atom stereocenters. The van der Waals surface area contributed by atoms with Gasteiger partial charge in [0.15, 0.2) is 0 Å². The van der Waals surface area contributed by atoms with E-state index in [-0.39, 0.29) is 12.7 Å². The van der Waals surface area contributed by atoms with Gasteiger partial charge in [0, 0.05) is 6.08 Å². The lowest BCUT2D eigenvalue weighted by Gasteiger charge is -2.14. The number of rotatable bonds is 11. The fraction of sp³-hybridized carbons (Fsp3) is 0.476. The van der Waals surface area contributed by atoms with Gasteiger partial charge in [-0.25, -0.2) is 0 Å². The molecule has 168 valence electrons. The molecule has 0 radical (unpaired) electrons. The zero-order chi connectivity index (χ0) is 22.8. The van der Waals surface area contributed by atoms with Crippen molar-refractivity contribution in [3.8, 4) is 5.75 Å². The summed E-state index contributed by atoms with van der Waals surface area (Å²) in [5.74, 6) is -0.944. The van der Waals surface area contributed by atoms with Crippen molar-refractivity contribution >= 4 is 5.91 Å². The van der Waals surface area contributed by atoms with Crippen LogP contribution in [0, 0.1) is 0 Å². The highest BCUT2D eigenvalue weighted by Crippen LogP contribution is 2.38. The molecule has 0 aliphatic heterocycles. The van der Waals surface area contributed by atoms with Gasteiger partial charge in [-0.05, 0) is 50.0 Å². The molecule has 0 fully saturated rings. The number of halogens is 6. The Morgan fingerprint density at radius 3 is 2.00 bits per heavy atom. The number of amides is 1. The molecule has 3 nitrogen and oxygen atoms in total. The highest BCUT2D eigenvalue weighted by atomic mass is 19.4. The van der Waals surface area contributed by atoms with Gasteiger partial charge < -0.3 is 10.5 Å². The lowest BCUT2D eigenvalue weighted by molar-refractivity contribution is -0.143. The Balaban J connectivity index is 2.36. The number of alkyl halides is 6. The molecule has 2 N–H and O–H groups in total. The number of unbranched alkanes of at least 4 members (excludes halogenated alkanes) is 5. The summed E-state index contributed by atoms with van der Waals surface area (Å²) in [6.07, 6.45) is 0.0988. The number of hydrogen-bond acceptors (Lipinski definition) is 2. The molecular formula is C21H25F6NO2. The molecule has 0 aliphatic rings. The monoisotopic (exact) mass is 437 g/mol. The maximum Gasteiger partial charge on any atom is 0.416 e. The van der Waals surface area contributed by atoms with Crippen LogP contribution in [0.3, 0.4) is 0 Å². The summed E-state index contributed by atoms with van der Waals surface area (Å²) >= 11 is 0. The van der Waals surface area contributed by atoms with E-state index in [9.17, 15) is 31.1 Å². The minimum atomic E-state index is -4.89. The van der Waals surface area contributed by atoms with E-state index in [1.165, 1.54) is 6.08 Å². The first-order chi connectivity index (χ1) is 13.9. The molecule has 0 heterocycles. The van der Waals surface area contributed by atoms with E-state index in [2.05, 4.69) is 0 Å². The Hall–Kier alpha value is -2.45. The van der Waals surface area contributed by atoms with Crippen molar-refractivity contribution in [1.82, 2.24) is 0 Å². The lowest BCUT2D eigenvalue weighted by atomic mass is 10.1. The summed E-state index contributed by atoms with van der Waals surface area (Å²) in [5, 5.41) is 0. The van der Waals surface area contributed by atoms with Crippen molar-refractivity contribution < 1.29 is 35.9 Å². The predicted molar refractivity (Wildman–Crippen MR) is 102 cm³/mol. The van der Waals surface area contributed by atoms with E-state index in [1.807, 2.05) is 12.2 Å². The molecule has 30 heavy (non-hydrogen) atoms. The smallest absolute Gasteiger partial charge is 0.416 e. The zero-order valence-electron chi connectivity index (χ0n) is 16.6. The van der Waals surface area contributed by atoms with E-state index in [0.29, 0.717) is 18.6 Å². The van der Waals surface area contributed by atoms with Crippen molar-refractivity contribution in [2.24, 2.45) is 5.73 Å². The van der Waals surface area contributed by atoms with E-state index in [1.54, 1.807) is 6.92 Å². The summed E-state index contributed by atoms with van der Waals surface area (Å²) in [4.78, 5) is 10.7. The van der Waals surface area contributed by atoms with Crippen LogP contribution in [0.25, 0.3) is 0 Å². The van der Waals surface area contributed by atoms with Gasteiger partial charge in [-0.2, -0.15) is 26.3 Å². The van der Waals surface area contributed by atoms with Crippen LogP contribution in [-0.2, 0) is 17.1 Å². The molecule has 0 aromatic heterocycles. The summed E-state index contributed by atoms with van der Waals surface area (Å²) in [6.45, 7) is 1.80. The molecule has 0 saturated carbocycles. The van der Waals surface area contributed by atoms with E-state index >= 15 is 0 Å². The highest BCUT2D eigenvalue weighted by Gasteiger charge is 2.37. The number of carbonyl (C=O) groups is 1. The Morgan fingerprint density at radius 1 is 0.933 bits per heavy atom. The molecular weight excluding hydrogens is 412 g/mol. The normalized spacial score (nSPS) is 13.1. The first kappa shape index (κ1) is 25.6. The van der Waals surface area contributed by atoms with Crippen LogP contribution >= 0.6 is 0 Å². The second-order valence-electron chi connectivity index (χ2n) is 6.84. The van der Waals surface area contributed by atoms with Crippen LogP contribution < -0.4 is 10.5 Å². The van der Waals surface area contributed by atoms with Crippen molar-refractivity contribution in [3.63, 3.8) is 0 Å². The maximum atomic E-state index is 12.8. The summed E-state index contributed by atoms with van der Waals surface area (Å²) in [6, 6.07) is 1.24. The first-order valence-electron chi connectivity index (χ1n) is 9.46. The minimum absolute atomic E-state index is 0.0373. The third kappa shape index (κ3) is 10.4. The Morgan fingerprint density at radius 2 is 1.47 bits per heavy atom. The van der Waals surface area contributed by atoms with Crippen LogP contribution in [0.15, 0.2) is 42.0 Å². The average molecular weight is 437 g/mol. The lowest BCUT2D eigenvalue weighted by Crippen LogP contribution is -2.11. The number of hydrogen-bond donors (Lipinski definition) is 1. The zero-order valence-corrected chi connectivity index (χ0v) is 16.6. The predicted octanol–water partition coefficient (Wildman–Crippen LogP) is 6.43. The van der Waals surface area contributed by atoms with Crippen LogP contribution in [0.2, 0.25) is 0 Å². The van der Waals surface area contributed by atoms with Gasteiger partial charge in [-0.3, -0.25) is 4.79 Å². The van der Waals surface area contributed by atoms with Gasteiger partial charge >= 0.3 is 12.4 Å². The van der Waals surface area contributed by atoms with Gasteiger partial charge in [-0.1, -0.05) is 31.4 Å². The van der Waals surface area contributed by atoms with Crippen molar-refractivity contribution in [1.29, 1.82) is 0 Å². The highest BCUT2D eigenvalue weighted by molar-refractivity contribution is 5.86. The topological polar surface area (TPSA) is 52.3 Å². The SMILES string of the molecule is CC(C=CCCCCCCCOc1cc(C(F)(F)F)cc(C(F)(F)F)c1)=CC(N)=O. The minimum Gasteiger partial charge on any atom is -0.494 e. The summed E-state index contributed by atoms with van der Waals surface area (Å²) in [7, 11) is 0. The Labute approximate surface area is 171 Å². The van der Waals surface area contributed by atoms with Crippen LogP contribution in [-0.4, -0.2) is 12.5 Å². The third-order valence-electron chi connectivity index (χ3n) is 4.10. The molecule has 0 aliphatic carbocycles. The van der Waals surface area contributed by atoms with Crippen molar-refractivity contribution in [2.45, 2.75) is 57.8 Å². The molecule has 9 heteroatoms. The van der Waals surface area contributed by atoms with E-state index < -0.39 is 35.1 Å². The first-order valence-corrected chi connectivity index (χ1v) is 9.46. The van der Waals surface area contributed by atoms with Crippen molar-refractivity contribution in [2.75, 3.05) is 6.61 Å². The van der Waals surface area contributed by atoms with Crippen molar-refractivity contribution in [3.05, 3.63) is 53.1 Å². The molecule has 0 atom stereocenters. The fourth-order valence-corrected chi connectivity index (χ4v) is 2.64. The van der Waals surface area contributed by atoms with Gasteiger partial charge in [0.25, 0.3) is 0 Å². The number of primary amides is 1. The number of ether oxygens (including phenoxy) is 1. The quantitative estimate of drug-likeness (QED) is 0.188. The van der Waals surface area contributed by atoms with Gasteiger partial charge in [0.05, 0.1) is 17.7 Å². The Bertz CT molecular complexity index is 719. The number of carbonyl (C=O) groups excluding carboxylic acids is 1. The van der Waals surface area contributed by atoms with Crippen LogP contribution in [0.1, 0.15) is 56.6 Å². The molecule has 1 aromatic rings. The standard InChI is InChI=1S/C21H25F6NO2/c1-15(11-19(28)29)9-7-5-3-2-4-6-8-10-30-18-13-16(20(22,23)24)12-17(14-18)21(25,26)27/h7,9,11-14H,2-6,8,10H2,1H3,(H2,28,29). The Kier molecular flexibility index (Phi) is 9.95. The molecule has 1 aromatic carbocycles. The second kappa shape index (κ2) is 11.7. The number of allylic oxidation sites excluding steroid dienone is 3. The molecule has 1 rings (SSSR count). The van der Waals surface area contributed by atoms with Gasteiger partial charge in [0.1, 0.15) is 5.75 Å². The number of nitrogens with two attached hydrogens (primary N) is 1. The largest absolute Gasteiger partial charge is 0.494 e. The molecule has 1 amide bonds. The fourth-order valence-electron chi connectivity index (χ4n) is 2.64. The summed E-state index contributed by atoms with van der Waals surface area (Å²) in [5.41, 5.74) is 3.02. The molecule has 0 saturated heterocycles. The van der Waals surface area contributed by atoms with Gasteiger partial charge in [0.2, 0.25) is 5.91 Å². The molecule has 0 spiro atoms. The maximum absolute atomic E-state index is 12.8.